The molecule has 110 valence electrons. The van der Waals surface area contributed by atoms with Crippen molar-refractivity contribution in [3.8, 4) is 5.75 Å². The van der Waals surface area contributed by atoms with Crippen molar-refractivity contribution in [3.63, 3.8) is 0 Å². The van der Waals surface area contributed by atoms with E-state index in [2.05, 4.69) is 12.1 Å². The number of para-hydroxylation sites is 1. The van der Waals surface area contributed by atoms with Crippen molar-refractivity contribution in [1.82, 2.24) is 0 Å². The predicted molar refractivity (Wildman–Crippen MR) is 83.7 cm³/mol. The number of ether oxygens (including phenoxy) is 1. The highest BCUT2D eigenvalue weighted by Crippen LogP contribution is 2.39. The zero-order valence-corrected chi connectivity index (χ0v) is 12.4. The van der Waals surface area contributed by atoms with Crippen molar-refractivity contribution < 1.29 is 9.38 Å². The Morgan fingerprint density at radius 2 is 1.43 bits per heavy atom. The summed E-state index contributed by atoms with van der Waals surface area (Å²) < 4.78 is 6.20. The van der Waals surface area contributed by atoms with Gasteiger partial charge in [-0.3, -0.25) is 0 Å². The average molecular weight is 283 g/mol. The summed E-state index contributed by atoms with van der Waals surface area (Å²) in [5, 5.41) is 12.2. The van der Waals surface area contributed by atoms with E-state index in [4.69, 9.17) is 4.74 Å². The number of quaternary nitrogens is 1. The van der Waals surface area contributed by atoms with Gasteiger partial charge < -0.3 is 14.6 Å². The van der Waals surface area contributed by atoms with Gasteiger partial charge in [-0.15, -0.1) is 0 Å². The lowest BCUT2D eigenvalue weighted by molar-refractivity contribution is -0.868. The molecule has 21 heavy (non-hydrogen) atoms. The van der Waals surface area contributed by atoms with E-state index in [0.717, 1.165) is 24.2 Å². The Kier molecular flexibility index (Phi) is 3.70. The summed E-state index contributed by atoms with van der Waals surface area (Å²) in [5.74, 6) is 0.864. The molecule has 2 aromatic carbocycles. The van der Waals surface area contributed by atoms with Crippen LogP contribution in [0.5, 0.6) is 5.75 Å². The minimum absolute atomic E-state index is 0.174. The van der Waals surface area contributed by atoms with Crippen LogP contribution in [0.25, 0.3) is 0 Å². The van der Waals surface area contributed by atoms with Gasteiger partial charge in [0.15, 0.2) is 0 Å². The molecule has 0 unspecified atom stereocenters. The van der Waals surface area contributed by atoms with E-state index in [-0.39, 0.29) is 10.2 Å². The summed E-state index contributed by atoms with van der Waals surface area (Å²) in [5.41, 5.74) is 0.777. The number of benzene rings is 2. The maximum Gasteiger partial charge on any atom is 0.145 e. The summed E-state index contributed by atoms with van der Waals surface area (Å²) in [6.07, 6.45) is 1.48. The van der Waals surface area contributed by atoms with E-state index in [0.29, 0.717) is 13.1 Å². The SMILES string of the molecule is C[N+]1([O-])CCC(Oc2ccccc2)(c2ccccc2)CC1. The lowest BCUT2D eigenvalue weighted by Crippen LogP contribution is -2.52. The van der Waals surface area contributed by atoms with Gasteiger partial charge >= 0.3 is 0 Å². The van der Waals surface area contributed by atoms with Gasteiger partial charge in [-0.25, -0.2) is 0 Å². The van der Waals surface area contributed by atoms with Crippen LogP contribution in [-0.2, 0) is 5.60 Å². The molecule has 0 saturated carbocycles. The highest BCUT2D eigenvalue weighted by Gasteiger charge is 2.41. The first-order chi connectivity index (χ1) is 10.1. The quantitative estimate of drug-likeness (QED) is 0.635. The van der Waals surface area contributed by atoms with Crippen LogP contribution in [-0.4, -0.2) is 24.8 Å². The molecule has 0 bridgehead atoms. The summed E-state index contributed by atoms with van der Waals surface area (Å²) in [4.78, 5) is 0. The second-order valence-corrected chi connectivity index (χ2v) is 6.02. The lowest BCUT2D eigenvalue weighted by atomic mass is 9.84. The fourth-order valence-electron chi connectivity index (χ4n) is 2.98. The Morgan fingerprint density at radius 1 is 0.905 bits per heavy atom. The average Bonchev–Trinajstić information content (AvgIpc) is 2.52. The van der Waals surface area contributed by atoms with Gasteiger partial charge in [0.1, 0.15) is 11.4 Å². The molecule has 3 heteroatoms. The number of nitrogens with zero attached hydrogens (tertiary/aromatic N) is 1. The molecule has 0 aromatic heterocycles. The van der Waals surface area contributed by atoms with Crippen LogP contribution in [0.15, 0.2) is 60.7 Å². The van der Waals surface area contributed by atoms with E-state index in [1.165, 1.54) is 0 Å². The fourth-order valence-corrected chi connectivity index (χ4v) is 2.98. The summed E-state index contributed by atoms with van der Waals surface area (Å²) in [6.45, 7) is 1.17. The Labute approximate surface area is 126 Å². The van der Waals surface area contributed by atoms with E-state index in [1.807, 2.05) is 48.5 Å². The number of rotatable bonds is 3. The van der Waals surface area contributed by atoms with Crippen molar-refractivity contribution in [3.05, 3.63) is 71.4 Å². The Balaban J connectivity index is 1.92. The third-order valence-electron chi connectivity index (χ3n) is 4.33. The first-order valence-electron chi connectivity index (χ1n) is 7.45. The van der Waals surface area contributed by atoms with Gasteiger partial charge in [-0.1, -0.05) is 48.5 Å². The number of hydroxylamine groups is 3. The van der Waals surface area contributed by atoms with E-state index >= 15 is 0 Å². The van der Waals surface area contributed by atoms with Crippen LogP contribution in [0.2, 0.25) is 0 Å². The van der Waals surface area contributed by atoms with Crippen molar-refractivity contribution in [2.75, 3.05) is 20.1 Å². The monoisotopic (exact) mass is 283 g/mol. The zero-order valence-electron chi connectivity index (χ0n) is 12.4. The first kappa shape index (κ1) is 14.1. The molecular formula is C18H21NO2. The molecule has 0 radical (unpaired) electrons. The number of hydrogen-bond acceptors (Lipinski definition) is 2. The van der Waals surface area contributed by atoms with Gasteiger partial charge in [-0.05, 0) is 17.7 Å². The fraction of sp³-hybridized carbons (Fsp3) is 0.333. The summed E-state index contributed by atoms with van der Waals surface area (Å²) in [6, 6.07) is 20.2. The molecule has 3 nitrogen and oxygen atoms in total. The summed E-state index contributed by atoms with van der Waals surface area (Å²) in [7, 11) is 1.75. The molecular weight excluding hydrogens is 262 g/mol. The molecule has 1 heterocycles. The van der Waals surface area contributed by atoms with Crippen molar-refractivity contribution in [1.29, 1.82) is 0 Å². The molecule has 1 aliphatic heterocycles. The van der Waals surface area contributed by atoms with Crippen molar-refractivity contribution >= 4 is 0 Å². The van der Waals surface area contributed by atoms with Crippen LogP contribution in [0.1, 0.15) is 18.4 Å². The van der Waals surface area contributed by atoms with Crippen LogP contribution >= 0.6 is 0 Å². The van der Waals surface area contributed by atoms with Crippen LogP contribution in [0.3, 0.4) is 0 Å². The minimum Gasteiger partial charge on any atom is -0.633 e. The molecule has 2 aromatic rings. The van der Waals surface area contributed by atoms with Gasteiger partial charge in [0, 0.05) is 12.8 Å². The van der Waals surface area contributed by atoms with Crippen molar-refractivity contribution in [2.45, 2.75) is 18.4 Å². The third kappa shape index (κ3) is 3.09. The molecule has 0 amide bonds. The molecule has 0 atom stereocenters. The maximum atomic E-state index is 12.2. The Morgan fingerprint density at radius 3 is 2.00 bits per heavy atom. The lowest BCUT2D eigenvalue weighted by Gasteiger charge is -2.49. The third-order valence-corrected chi connectivity index (χ3v) is 4.33. The van der Waals surface area contributed by atoms with Crippen molar-refractivity contribution in [2.24, 2.45) is 0 Å². The van der Waals surface area contributed by atoms with Crippen LogP contribution < -0.4 is 4.74 Å². The van der Waals surface area contributed by atoms with E-state index < -0.39 is 0 Å². The second-order valence-electron chi connectivity index (χ2n) is 6.02. The van der Waals surface area contributed by atoms with E-state index in [1.54, 1.807) is 7.05 Å². The molecule has 3 rings (SSSR count). The standard InChI is InChI=1S/C18H21NO2/c1-19(20)14-12-18(13-15-19,16-8-4-2-5-9-16)21-17-10-6-3-7-11-17/h2-11H,12-15H2,1H3. The largest absolute Gasteiger partial charge is 0.633 e. The highest BCUT2D eigenvalue weighted by atomic mass is 16.5. The molecule has 1 saturated heterocycles. The smallest absolute Gasteiger partial charge is 0.145 e. The number of likely N-dealkylation sites (tertiary alicyclic amines) is 1. The Hall–Kier alpha value is -1.84. The van der Waals surface area contributed by atoms with Gasteiger partial charge in [0.2, 0.25) is 0 Å². The van der Waals surface area contributed by atoms with Gasteiger partial charge in [0.05, 0.1) is 20.1 Å². The molecule has 1 aliphatic rings. The Bertz CT molecular complexity index is 571. The maximum absolute atomic E-state index is 12.2. The first-order valence-corrected chi connectivity index (χ1v) is 7.45. The molecule has 0 aliphatic carbocycles. The zero-order chi connectivity index (χ0) is 14.8. The van der Waals surface area contributed by atoms with Gasteiger partial charge in [0.25, 0.3) is 0 Å². The van der Waals surface area contributed by atoms with Crippen LogP contribution in [0, 0.1) is 5.21 Å². The van der Waals surface area contributed by atoms with Gasteiger partial charge in [-0.2, -0.15) is 0 Å². The highest BCUT2D eigenvalue weighted by molar-refractivity contribution is 5.28. The number of piperidine rings is 1. The minimum atomic E-state index is -0.384. The van der Waals surface area contributed by atoms with E-state index in [9.17, 15) is 5.21 Å². The predicted octanol–water partition coefficient (Wildman–Crippen LogP) is 3.70. The molecule has 1 fully saturated rings. The number of hydrogen-bond donors (Lipinski definition) is 0. The second kappa shape index (κ2) is 5.51. The molecule has 0 spiro atoms. The molecule has 0 N–H and O–H groups in total. The van der Waals surface area contributed by atoms with Crippen LogP contribution in [0.4, 0.5) is 0 Å². The summed E-state index contributed by atoms with van der Waals surface area (Å²) >= 11 is 0. The normalized spacial score (nSPS) is 29.0. The topological polar surface area (TPSA) is 32.3 Å².